The number of nitrogens with zero attached hydrogens (tertiary/aromatic N) is 2. The van der Waals surface area contributed by atoms with E-state index in [0.29, 0.717) is 5.75 Å². The number of pyridine rings is 1. The number of aliphatic carboxylic acids is 1. The number of carboxylic acid groups (broad SMARTS) is 1. The molecule has 0 fully saturated rings. The first-order chi connectivity index (χ1) is 13.0. The van der Waals surface area contributed by atoms with E-state index in [-0.39, 0.29) is 6.54 Å². The van der Waals surface area contributed by atoms with Crippen molar-refractivity contribution in [2.45, 2.75) is 20.4 Å². The Labute approximate surface area is 156 Å². The Bertz CT molecular complexity index is 1190. The number of aromatic nitrogens is 2. The summed E-state index contributed by atoms with van der Waals surface area (Å²) >= 11 is 0. The molecule has 1 N–H and O–H groups in total. The molecule has 0 radical (unpaired) electrons. The fraction of sp³-hybridized carbons (Fsp3) is 0.182. The minimum absolute atomic E-state index is 0.0997. The summed E-state index contributed by atoms with van der Waals surface area (Å²) in [5.74, 6) is -0.173. The molecule has 136 valence electrons. The average molecular weight is 360 g/mol. The second-order valence-corrected chi connectivity index (χ2v) is 6.65. The molecule has 0 unspecified atom stereocenters. The number of hydrogen-bond donors (Lipinski definition) is 1. The largest absolute Gasteiger partial charge is 0.497 e. The van der Waals surface area contributed by atoms with Gasteiger partial charge in [0, 0.05) is 34.3 Å². The van der Waals surface area contributed by atoms with Crippen molar-refractivity contribution in [2.75, 3.05) is 7.11 Å². The standard InChI is InChI=1S/C22H20N2O3/c1-13-5-4-6-17-16(9-10-23-22(13)17)21-14(2)24(12-20(25)26)19-11-15(27-3)7-8-18(19)21/h4-11H,12H2,1-3H3,(H,25,26). The van der Waals surface area contributed by atoms with Gasteiger partial charge in [0.15, 0.2) is 0 Å². The Morgan fingerprint density at radius 1 is 1.15 bits per heavy atom. The van der Waals surface area contributed by atoms with E-state index < -0.39 is 5.97 Å². The number of aryl methyl sites for hydroxylation is 1. The monoisotopic (exact) mass is 360 g/mol. The quantitative estimate of drug-likeness (QED) is 0.579. The fourth-order valence-corrected chi connectivity index (χ4v) is 3.80. The van der Waals surface area contributed by atoms with E-state index in [0.717, 1.165) is 44.2 Å². The van der Waals surface area contributed by atoms with Crippen LogP contribution in [-0.4, -0.2) is 27.7 Å². The summed E-state index contributed by atoms with van der Waals surface area (Å²) in [5, 5.41) is 11.5. The Kier molecular flexibility index (Phi) is 4.07. The number of hydrogen-bond acceptors (Lipinski definition) is 3. The maximum atomic E-state index is 11.5. The van der Waals surface area contributed by atoms with E-state index in [2.05, 4.69) is 11.1 Å². The molecule has 5 heteroatoms. The Balaban J connectivity index is 2.10. The second kappa shape index (κ2) is 6.43. The number of carboxylic acids is 1. The lowest BCUT2D eigenvalue weighted by Crippen LogP contribution is -2.10. The highest BCUT2D eigenvalue weighted by atomic mass is 16.5. The molecule has 4 rings (SSSR count). The number of methoxy groups -OCH3 is 1. The molecule has 0 saturated carbocycles. The molecule has 5 nitrogen and oxygen atoms in total. The van der Waals surface area contributed by atoms with Crippen molar-refractivity contribution in [1.82, 2.24) is 9.55 Å². The van der Waals surface area contributed by atoms with Gasteiger partial charge in [0.25, 0.3) is 0 Å². The van der Waals surface area contributed by atoms with Crippen LogP contribution in [0.3, 0.4) is 0 Å². The molecule has 0 aliphatic carbocycles. The molecular weight excluding hydrogens is 340 g/mol. The Morgan fingerprint density at radius 3 is 2.70 bits per heavy atom. The Morgan fingerprint density at radius 2 is 1.96 bits per heavy atom. The van der Waals surface area contributed by atoms with Gasteiger partial charge in [0.05, 0.1) is 18.1 Å². The van der Waals surface area contributed by atoms with Gasteiger partial charge in [-0.25, -0.2) is 0 Å². The van der Waals surface area contributed by atoms with Crippen molar-refractivity contribution in [3.8, 4) is 16.9 Å². The Hall–Kier alpha value is -3.34. The van der Waals surface area contributed by atoms with Gasteiger partial charge in [-0.15, -0.1) is 0 Å². The lowest BCUT2D eigenvalue weighted by atomic mass is 9.97. The molecule has 0 aliphatic rings. The predicted molar refractivity (Wildman–Crippen MR) is 106 cm³/mol. The number of para-hydroxylation sites is 1. The van der Waals surface area contributed by atoms with Crippen LogP contribution >= 0.6 is 0 Å². The molecule has 2 aromatic carbocycles. The summed E-state index contributed by atoms with van der Waals surface area (Å²) in [5.41, 5.74) is 5.92. The van der Waals surface area contributed by atoms with Gasteiger partial charge in [0.2, 0.25) is 0 Å². The van der Waals surface area contributed by atoms with E-state index in [4.69, 9.17) is 4.74 Å². The molecule has 27 heavy (non-hydrogen) atoms. The zero-order valence-corrected chi connectivity index (χ0v) is 15.5. The fourth-order valence-electron chi connectivity index (χ4n) is 3.80. The highest BCUT2D eigenvalue weighted by Crippen LogP contribution is 2.39. The first-order valence-corrected chi connectivity index (χ1v) is 8.74. The molecule has 0 bridgehead atoms. The topological polar surface area (TPSA) is 64.4 Å². The van der Waals surface area contributed by atoms with E-state index in [1.165, 1.54) is 0 Å². The van der Waals surface area contributed by atoms with Crippen LogP contribution in [0.5, 0.6) is 5.75 Å². The van der Waals surface area contributed by atoms with E-state index in [1.54, 1.807) is 7.11 Å². The van der Waals surface area contributed by atoms with Crippen LogP contribution in [0.2, 0.25) is 0 Å². The molecule has 0 atom stereocenters. The summed E-state index contributed by atoms with van der Waals surface area (Å²) in [6.07, 6.45) is 1.81. The van der Waals surface area contributed by atoms with Crippen molar-refractivity contribution >= 4 is 27.8 Å². The van der Waals surface area contributed by atoms with Gasteiger partial charge < -0.3 is 14.4 Å². The predicted octanol–water partition coefficient (Wildman–Crippen LogP) is 4.57. The molecule has 2 heterocycles. The first kappa shape index (κ1) is 17.1. The number of fused-ring (bicyclic) bond motifs is 2. The molecule has 0 spiro atoms. The minimum Gasteiger partial charge on any atom is -0.497 e. The summed E-state index contributed by atoms with van der Waals surface area (Å²) < 4.78 is 7.18. The van der Waals surface area contributed by atoms with Crippen molar-refractivity contribution in [2.24, 2.45) is 0 Å². The van der Waals surface area contributed by atoms with Crippen molar-refractivity contribution in [1.29, 1.82) is 0 Å². The first-order valence-electron chi connectivity index (χ1n) is 8.74. The normalized spacial score (nSPS) is 11.2. The number of carbonyl (C=O) groups is 1. The summed E-state index contributed by atoms with van der Waals surface area (Å²) in [6.45, 7) is 3.91. The summed E-state index contributed by atoms with van der Waals surface area (Å²) in [6, 6.07) is 13.9. The summed E-state index contributed by atoms with van der Waals surface area (Å²) in [4.78, 5) is 16.0. The lowest BCUT2D eigenvalue weighted by molar-refractivity contribution is -0.137. The molecule has 4 aromatic rings. The number of rotatable bonds is 4. The summed E-state index contributed by atoms with van der Waals surface area (Å²) in [7, 11) is 1.61. The van der Waals surface area contributed by atoms with Gasteiger partial charge in [-0.3, -0.25) is 9.78 Å². The highest BCUT2D eigenvalue weighted by Gasteiger charge is 2.19. The van der Waals surface area contributed by atoms with Crippen LogP contribution in [0.25, 0.3) is 32.9 Å². The highest BCUT2D eigenvalue weighted by molar-refractivity contribution is 6.06. The third kappa shape index (κ3) is 2.72. The minimum atomic E-state index is -0.875. The second-order valence-electron chi connectivity index (χ2n) is 6.65. The van der Waals surface area contributed by atoms with Gasteiger partial charge >= 0.3 is 5.97 Å². The number of benzene rings is 2. The molecule has 0 aliphatic heterocycles. The van der Waals surface area contributed by atoms with Crippen molar-refractivity contribution in [3.63, 3.8) is 0 Å². The van der Waals surface area contributed by atoms with Crippen LogP contribution in [0.15, 0.2) is 48.7 Å². The van der Waals surface area contributed by atoms with Crippen LogP contribution in [0, 0.1) is 13.8 Å². The average Bonchev–Trinajstić information content (AvgIpc) is 2.92. The zero-order valence-electron chi connectivity index (χ0n) is 15.5. The maximum Gasteiger partial charge on any atom is 0.323 e. The third-order valence-electron chi connectivity index (χ3n) is 5.07. The smallest absolute Gasteiger partial charge is 0.323 e. The van der Waals surface area contributed by atoms with Gasteiger partial charge in [-0.1, -0.05) is 18.2 Å². The third-order valence-corrected chi connectivity index (χ3v) is 5.07. The maximum absolute atomic E-state index is 11.5. The SMILES string of the molecule is COc1ccc2c(-c3ccnc4c(C)cccc34)c(C)n(CC(=O)O)c2c1. The van der Waals surface area contributed by atoms with Crippen molar-refractivity contribution in [3.05, 3.63) is 59.9 Å². The van der Waals surface area contributed by atoms with Crippen LogP contribution < -0.4 is 4.74 Å². The number of ether oxygens (including phenoxy) is 1. The molecular formula is C22H20N2O3. The van der Waals surface area contributed by atoms with E-state index in [9.17, 15) is 9.90 Å². The zero-order chi connectivity index (χ0) is 19.1. The van der Waals surface area contributed by atoms with E-state index >= 15 is 0 Å². The van der Waals surface area contributed by atoms with Crippen LogP contribution in [0.4, 0.5) is 0 Å². The molecule has 0 amide bonds. The molecule has 0 saturated heterocycles. The van der Waals surface area contributed by atoms with Crippen LogP contribution in [-0.2, 0) is 11.3 Å². The van der Waals surface area contributed by atoms with E-state index in [1.807, 2.05) is 61.0 Å². The lowest BCUT2D eigenvalue weighted by Gasteiger charge is -2.09. The molecule has 2 aromatic heterocycles. The van der Waals surface area contributed by atoms with Gasteiger partial charge in [-0.05, 0) is 43.2 Å². The van der Waals surface area contributed by atoms with Crippen molar-refractivity contribution < 1.29 is 14.6 Å². The van der Waals surface area contributed by atoms with Crippen LogP contribution in [0.1, 0.15) is 11.3 Å². The van der Waals surface area contributed by atoms with Gasteiger partial charge in [-0.2, -0.15) is 0 Å². The van der Waals surface area contributed by atoms with Gasteiger partial charge in [0.1, 0.15) is 12.3 Å².